The summed E-state index contributed by atoms with van der Waals surface area (Å²) in [7, 11) is 0. The second-order valence-corrected chi connectivity index (χ2v) is 5.24. The molecule has 1 aliphatic rings. The van der Waals surface area contributed by atoms with E-state index in [-0.39, 0.29) is 5.69 Å². The Bertz CT molecular complexity index is 615. The zero-order chi connectivity index (χ0) is 13.9. The summed E-state index contributed by atoms with van der Waals surface area (Å²) in [6, 6.07) is 7.51. The predicted molar refractivity (Wildman–Crippen MR) is 74.9 cm³/mol. The van der Waals surface area contributed by atoms with Crippen molar-refractivity contribution in [1.29, 1.82) is 0 Å². The van der Waals surface area contributed by atoms with E-state index in [0.717, 1.165) is 44.5 Å². The first kappa shape index (κ1) is 13.1. The standard InChI is InChI=1S/C15H18N2O3/c18-15(19)14-12-3-1-2-4-13(12)17(16-14)8-5-11-6-9-20-10-7-11/h1-4,11H,5-10H2,(H,18,19). The van der Waals surface area contributed by atoms with E-state index in [1.165, 1.54) is 0 Å². The lowest BCUT2D eigenvalue weighted by Gasteiger charge is -2.21. The van der Waals surface area contributed by atoms with Crippen LogP contribution in [0.2, 0.25) is 0 Å². The van der Waals surface area contributed by atoms with Crippen LogP contribution in [-0.4, -0.2) is 34.1 Å². The van der Waals surface area contributed by atoms with Gasteiger partial charge in [0.2, 0.25) is 0 Å². The lowest BCUT2D eigenvalue weighted by molar-refractivity contribution is 0.0623. The number of aromatic nitrogens is 2. The van der Waals surface area contributed by atoms with Crippen molar-refractivity contribution < 1.29 is 14.6 Å². The number of carbonyl (C=O) groups is 1. The van der Waals surface area contributed by atoms with Crippen LogP contribution in [0.4, 0.5) is 0 Å². The molecule has 1 fully saturated rings. The lowest BCUT2D eigenvalue weighted by atomic mass is 9.97. The quantitative estimate of drug-likeness (QED) is 0.930. The number of carboxylic acid groups (broad SMARTS) is 1. The number of hydrogen-bond donors (Lipinski definition) is 1. The molecule has 1 aromatic carbocycles. The van der Waals surface area contributed by atoms with E-state index in [1.807, 2.05) is 28.9 Å². The maximum absolute atomic E-state index is 11.2. The topological polar surface area (TPSA) is 64.3 Å². The molecule has 106 valence electrons. The van der Waals surface area contributed by atoms with E-state index < -0.39 is 5.97 Å². The van der Waals surface area contributed by atoms with E-state index >= 15 is 0 Å². The number of rotatable bonds is 4. The van der Waals surface area contributed by atoms with Crippen molar-refractivity contribution in [3.8, 4) is 0 Å². The Morgan fingerprint density at radius 1 is 1.35 bits per heavy atom. The molecule has 0 radical (unpaired) electrons. The van der Waals surface area contributed by atoms with Crippen LogP contribution in [0.25, 0.3) is 10.9 Å². The van der Waals surface area contributed by atoms with Gasteiger partial charge in [-0.3, -0.25) is 4.68 Å². The van der Waals surface area contributed by atoms with Crippen molar-refractivity contribution in [3.05, 3.63) is 30.0 Å². The minimum atomic E-state index is -0.967. The Kier molecular flexibility index (Phi) is 3.69. The molecule has 1 aromatic heterocycles. The molecule has 2 aromatic rings. The number of aromatic carboxylic acids is 1. The first-order valence-corrected chi connectivity index (χ1v) is 7.02. The van der Waals surface area contributed by atoms with E-state index in [9.17, 15) is 9.90 Å². The van der Waals surface area contributed by atoms with Gasteiger partial charge in [-0.1, -0.05) is 18.2 Å². The van der Waals surface area contributed by atoms with Gasteiger partial charge < -0.3 is 9.84 Å². The second kappa shape index (κ2) is 5.63. The van der Waals surface area contributed by atoms with Crippen LogP contribution in [0.1, 0.15) is 29.8 Å². The summed E-state index contributed by atoms with van der Waals surface area (Å²) in [5.74, 6) is -0.314. The molecule has 5 heteroatoms. The number of ether oxygens (including phenoxy) is 1. The van der Waals surface area contributed by atoms with Crippen LogP contribution in [0.3, 0.4) is 0 Å². The molecule has 0 saturated carbocycles. The van der Waals surface area contributed by atoms with Crippen LogP contribution >= 0.6 is 0 Å². The first-order valence-electron chi connectivity index (χ1n) is 7.02. The molecule has 3 rings (SSSR count). The normalized spacial score (nSPS) is 16.6. The summed E-state index contributed by atoms with van der Waals surface area (Å²) >= 11 is 0. The Hall–Kier alpha value is -1.88. The Morgan fingerprint density at radius 3 is 2.85 bits per heavy atom. The Balaban J connectivity index is 1.82. The summed E-state index contributed by atoms with van der Waals surface area (Å²) in [4.78, 5) is 11.2. The van der Waals surface area contributed by atoms with Crippen molar-refractivity contribution in [2.45, 2.75) is 25.8 Å². The van der Waals surface area contributed by atoms with Gasteiger partial charge in [0.1, 0.15) is 0 Å². The summed E-state index contributed by atoms with van der Waals surface area (Å²) in [6.45, 7) is 2.44. The van der Waals surface area contributed by atoms with Crippen LogP contribution in [-0.2, 0) is 11.3 Å². The molecule has 20 heavy (non-hydrogen) atoms. The Morgan fingerprint density at radius 2 is 2.10 bits per heavy atom. The van der Waals surface area contributed by atoms with Crippen molar-refractivity contribution >= 4 is 16.9 Å². The molecular formula is C15H18N2O3. The highest BCUT2D eigenvalue weighted by atomic mass is 16.5. The summed E-state index contributed by atoms with van der Waals surface area (Å²) < 4.78 is 7.19. The number of hydrogen-bond acceptors (Lipinski definition) is 3. The summed E-state index contributed by atoms with van der Waals surface area (Å²) in [6.07, 6.45) is 3.20. The van der Waals surface area contributed by atoms with Gasteiger partial charge in [-0.25, -0.2) is 4.79 Å². The van der Waals surface area contributed by atoms with Gasteiger partial charge in [0.05, 0.1) is 5.52 Å². The molecule has 5 nitrogen and oxygen atoms in total. The lowest BCUT2D eigenvalue weighted by Crippen LogP contribution is -2.17. The second-order valence-electron chi connectivity index (χ2n) is 5.24. The van der Waals surface area contributed by atoms with Gasteiger partial charge in [0.15, 0.2) is 5.69 Å². The zero-order valence-corrected chi connectivity index (χ0v) is 11.3. The third-order valence-electron chi connectivity index (χ3n) is 3.95. The van der Waals surface area contributed by atoms with Crippen LogP contribution < -0.4 is 0 Å². The molecule has 0 atom stereocenters. The van der Waals surface area contributed by atoms with Gasteiger partial charge in [-0.2, -0.15) is 5.10 Å². The average Bonchev–Trinajstić information content (AvgIpc) is 2.85. The molecule has 0 aliphatic carbocycles. The molecule has 0 unspecified atom stereocenters. The number of aryl methyl sites for hydroxylation is 1. The van der Waals surface area contributed by atoms with E-state index in [1.54, 1.807) is 0 Å². The van der Waals surface area contributed by atoms with Gasteiger partial charge in [0, 0.05) is 25.1 Å². The third kappa shape index (κ3) is 2.54. The highest BCUT2D eigenvalue weighted by molar-refractivity contribution is 6.01. The highest BCUT2D eigenvalue weighted by Gasteiger charge is 2.18. The number of carboxylic acids is 1. The number of para-hydroxylation sites is 1. The minimum Gasteiger partial charge on any atom is -0.476 e. The molecule has 0 spiro atoms. The third-order valence-corrected chi connectivity index (χ3v) is 3.95. The highest BCUT2D eigenvalue weighted by Crippen LogP contribution is 2.22. The van der Waals surface area contributed by atoms with Gasteiger partial charge in [-0.15, -0.1) is 0 Å². The SMILES string of the molecule is O=C(O)c1nn(CCC2CCOCC2)c2ccccc12. The van der Waals surface area contributed by atoms with Crippen molar-refractivity contribution in [2.24, 2.45) is 5.92 Å². The maximum atomic E-state index is 11.2. The number of fused-ring (bicyclic) bond motifs is 1. The van der Waals surface area contributed by atoms with E-state index in [2.05, 4.69) is 5.10 Å². The zero-order valence-electron chi connectivity index (χ0n) is 11.3. The van der Waals surface area contributed by atoms with Crippen molar-refractivity contribution in [3.63, 3.8) is 0 Å². The number of nitrogens with zero attached hydrogens (tertiary/aromatic N) is 2. The van der Waals surface area contributed by atoms with E-state index in [4.69, 9.17) is 4.74 Å². The van der Waals surface area contributed by atoms with Crippen LogP contribution in [0.15, 0.2) is 24.3 Å². The predicted octanol–water partition coefficient (Wildman–Crippen LogP) is 2.55. The smallest absolute Gasteiger partial charge is 0.357 e. The maximum Gasteiger partial charge on any atom is 0.357 e. The Labute approximate surface area is 117 Å². The molecule has 1 N–H and O–H groups in total. The average molecular weight is 274 g/mol. The van der Waals surface area contributed by atoms with E-state index in [0.29, 0.717) is 11.3 Å². The fraction of sp³-hybridized carbons (Fsp3) is 0.467. The largest absolute Gasteiger partial charge is 0.476 e. The molecule has 0 bridgehead atoms. The first-order chi connectivity index (χ1) is 9.75. The molecule has 0 amide bonds. The number of benzene rings is 1. The van der Waals surface area contributed by atoms with Crippen molar-refractivity contribution in [1.82, 2.24) is 9.78 Å². The molecule has 1 aliphatic heterocycles. The van der Waals surface area contributed by atoms with Crippen molar-refractivity contribution in [2.75, 3.05) is 13.2 Å². The molecule has 1 saturated heterocycles. The minimum absolute atomic E-state index is 0.146. The fourth-order valence-corrected chi connectivity index (χ4v) is 2.80. The summed E-state index contributed by atoms with van der Waals surface area (Å²) in [5.41, 5.74) is 1.05. The molecule has 2 heterocycles. The van der Waals surface area contributed by atoms with Crippen LogP contribution in [0.5, 0.6) is 0 Å². The monoisotopic (exact) mass is 274 g/mol. The van der Waals surface area contributed by atoms with Gasteiger partial charge in [0.25, 0.3) is 0 Å². The summed E-state index contributed by atoms with van der Waals surface area (Å²) in [5, 5.41) is 14.2. The van der Waals surface area contributed by atoms with Gasteiger partial charge >= 0.3 is 5.97 Å². The van der Waals surface area contributed by atoms with Gasteiger partial charge in [-0.05, 0) is 31.2 Å². The fourth-order valence-electron chi connectivity index (χ4n) is 2.80. The molecular weight excluding hydrogens is 256 g/mol. The van der Waals surface area contributed by atoms with Crippen LogP contribution in [0, 0.1) is 5.92 Å².